The predicted octanol–water partition coefficient (Wildman–Crippen LogP) is 3.73. The summed E-state index contributed by atoms with van der Waals surface area (Å²) in [6.45, 7) is 5.64. The van der Waals surface area contributed by atoms with Crippen molar-refractivity contribution in [2.45, 2.75) is 26.3 Å². The fourth-order valence-corrected chi connectivity index (χ4v) is 4.22. The number of rotatable bonds is 5. The topological polar surface area (TPSA) is 71.8 Å². The molecule has 1 aromatic heterocycles. The number of hydrogen-bond acceptors (Lipinski definition) is 3. The number of aryl methyl sites for hydroxylation is 1. The van der Waals surface area contributed by atoms with Gasteiger partial charge in [0, 0.05) is 48.0 Å². The van der Waals surface area contributed by atoms with E-state index in [2.05, 4.69) is 18.4 Å². The van der Waals surface area contributed by atoms with E-state index in [1.165, 1.54) is 0 Å². The summed E-state index contributed by atoms with van der Waals surface area (Å²) in [6, 6.07) is 12.9. The number of methoxy groups -OCH3 is 1. The molecule has 3 aromatic rings. The van der Waals surface area contributed by atoms with Crippen molar-refractivity contribution in [3.63, 3.8) is 0 Å². The smallest absolute Gasteiger partial charge is 0.312 e. The molecule has 0 spiro atoms. The largest absolute Gasteiger partial charge is 0.481 e. The van der Waals surface area contributed by atoms with Gasteiger partial charge < -0.3 is 19.3 Å². The number of hydrogen-bond donors (Lipinski definition) is 1. The molecule has 1 atom stereocenters. The summed E-state index contributed by atoms with van der Waals surface area (Å²) < 4.78 is 7.42. The lowest BCUT2D eigenvalue weighted by molar-refractivity contribution is -0.138. The Morgan fingerprint density at radius 3 is 2.66 bits per heavy atom. The Morgan fingerprint density at radius 2 is 1.93 bits per heavy atom. The van der Waals surface area contributed by atoms with Crippen molar-refractivity contribution in [1.82, 2.24) is 4.57 Å². The number of carbonyl (C=O) groups is 2. The minimum atomic E-state index is -0.912. The summed E-state index contributed by atoms with van der Waals surface area (Å²) in [5.41, 5.74) is 5.28. The van der Waals surface area contributed by atoms with Gasteiger partial charge in [0.1, 0.15) is 5.92 Å². The van der Waals surface area contributed by atoms with Crippen molar-refractivity contribution in [3.05, 3.63) is 64.8 Å². The van der Waals surface area contributed by atoms with Crippen LogP contribution in [-0.4, -0.2) is 41.8 Å². The molecule has 0 fully saturated rings. The zero-order valence-electron chi connectivity index (χ0n) is 16.8. The first-order valence-corrected chi connectivity index (χ1v) is 9.66. The average Bonchev–Trinajstić information content (AvgIpc) is 3.22. The molecule has 0 radical (unpaired) electrons. The Balaban J connectivity index is 1.73. The molecule has 1 amide bonds. The number of nitrogens with zero attached hydrogens (tertiary/aromatic N) is 2. The monoisotopic (exact) mass is 392 g/mol. The van der Waals surface area contributed by atoms with Gasteiger partial charge in [-0.2, -0.15) is 0 Å². The van der Waals surface area contributed by atoms with Crippen LogP contribution in [0, 0.1) is 13.8 Å². The molecule has 1 aliphatic rings. The molecule has 1 N–H and O–H groups in total. The highest BCUT2D eigenvalue weighted by atomic mass is 16.5. The van der Waals surface area contributed by atoms with Gasteiger partial charge in [0.2, 0.25) is 0 Å². The van der Waals surface area contributed by atoms with E-state index in [-0.39, 0.29) is 12.5 Å². The highest BCUT2D eigenvalue weighted by molar-refractivity contribution is 6.10. The Labute approximate surface area is 169 Å². The Kier molecular flexibility index (Phi) is 4.88. The second-order valence-electron chi connectivity index (χ2n) is 7.45. The Bertz CT molecular complexity index is 1120. The summed E-state index contributed by atoms with van der Waals surface area (Å²) in [7, 11) is 1.68. The highest BCUT2D eigenvalue weighted by Gasteiger charge is 2.36. The fraction of sp³-hybridized carbons (Fsp3) is 0.304. The van der Waals surface area contributed by atoms with Gasteiger partial charge in [-0.05, 0) is 49.2 Å². The summed E-state index contributed by atoms with van der Waals surface area (Å²) in [5.74, 6) is -1.78. The van der Waals surface area contributed by atoms with Gasteiger partial charge in [-0.15, -0.1) is 0 Å². The minimum absolute atomic E-state index is 0.151. The van der Waals surface area contributed by atoms with Crippen LogP contribution in [-0.2, 0) is 16.1 Å². The van der Waals surface area contributed by atoms with E-state index < -0.39 is 11.9 Å². The first kappa shape index (κ1) is 19.2. The van der Waals surface area contributed by atoms with E-state index >= 15 is 0 Å². The third-order valence-electron chi connectivity index (χ3n) is 5.92. The molecule has 0 aliphatic carbocycles. The Morgan fingerprint density at radius 1 is 1.17 bits per heavy atom. The van der Waals surface area contributed by atoms with Crippen LogP contribution in [0.15, 0.2) is 42.5 Å². The van der Waals surface area contributed by atoms with Crippen LogP contribution in [0.5, 0.6) is 0 Å². The van der Waals surface area contributed by atoms with E-state index in [1.807, 2.05) is 36.4 Å². The van der Waals surface area contributed by atoms with Crippen LogP contribution in [0.25, 0.3) is 10.9 Å². The van der Waals surface area contributed by atoms with Crippen molar-refractivity contribution in [2.24, 2.45) is 0 Å². The van der Waals surface area contributed by atoms with Crippen LogP contribution in [0.2, 0.25) is 0 Å². The molecule has 0 saturated carbocycles. The van der Waals surface area contributed by atoms with Crippen LogP contribution in [0.3, 0.4) is 0 Å². The molecule has 1 aliphatic heterocycles. The summed E-state index contributed by atoms with van der Waals surface area (Å²) >= 11 is 0. The number of amides is 1. The second kappa shape index (κ2) is 7.37. The van der Waals surface area contributed by atoms with Gasteiger partial charge in [-0.3, -0.25) is 9.59 Å². The summed E-state index contributed by atoms with van der Waals surface area (Å²) in [6.07, 6.45) is 0. The maximum absolute atomic E-state index is 13.3. The maximum Gasteiger partial charge on any atom is 0.312 e. The number of carboxylic acids is 1. The van der Waals surface area contributed by atoms with Gasteiger partial charge >= 0.3 is 5.97 Å². The molecular weight excluding hydrogens is 368 g/mol. The molecule has 6 nitrogen and oxygen atoms in total. The van der Waals surface area contributed by atoms with Crippen molar-refractivity contribution in [2.75, 3.05) is 25.2 Å². The molecule has 2 heterocycles. The van der Waals surface area contributed by atoms with Crippen molar-refractivity contribution >= 4 is 28.5 Å². The number of aromatic nitrogens is 1. The first-order valence-electron chi connectivity index (χ1n) is 9.66. The number of anilines is 1. The van der Waals surface area contributed by atoms with Gasteiger partial charge in [0.05, 0.1) is 6.61 Å². The van der Waals surface area contributed by atoms with E-state index in [4.69, 9.17) is 4.74 Å². The molecule has 0 bridgehead atoms. The molecule has 1 unspecified atom stereocenters. The standard InChI is InChI=1S/C23H24N2O4/c1-14-15(2)24(10-11-29-3)21-9-8-16(12-18(14)21)22(26)25-13-19(23(27)28)17-6-4-5-7-20(17)25/h4-9,12,19H,10-11,13H2,1-3H3,(H,27,28). The molecule has 29 heavy (non-hydrogen) atoms. The molecule has 0 saturated heterocycles. The molecule has 6 heteroatoms. The van der Waals surface area contributed by atoms with Gasteiger partial charge in [0.15, 0.2) is 0 Å². The second-order valence-corrected chi connectivity index (χ2v) is 7.45. The van der Waals surface area contributed by atoms with E-state index in [0.717, 1.165) is 28.7 Å². The fourth-order valence-electron chi connectivity index (χ4n) is 4.22. The lowest BCUT2D eigenvalue weighted by Crippen LogP contribution is -2.31. The van der Waals surface area contributed by atoms with E-state index in [1.54, 1.807) is 18.1 Å². The van der Waals surface area contributed by atoms with Gasteiger partial charge in [-0.25, -0.2) is 0 Å². The number of carboxylic acid groups (broad SMARTS) is 1. The number of fused-ring (bicyclic) bond motifs is 2. The number of carbonyl (C=O) groups excluding carboxylic acids is 1. The molecule has 150 valence electrons. The quantitative estimate of drug-likeness (QED) is 0.718. The lowest BCUT2D eigenvalue weighted by Gasteiger charge is -2.18. The normalized spacial score (nSPS) is 15.7. The zero-order valence-corrected chi connectivity index (χ0v) is 16.8. The van der Waals surface area contributed by atoms with Gasteiger partial charge in [-0.1, -0.05) is 18.2 Å². The number of para-hydroxylation sites is 1. The Hall–Kier alpha value is -3.12. The van der Waals surface area contributed by atoms with E-state index in [9.17, 15) is 14.7 Å². The minimum Gasteiger partial charge on any atom is -0.481 e. The predicted molar refractivity (Wildman–Crippen MR) is 112 cm³/mol. The van der Waals surface area contributed by atoms with E-state index in [0.29, 0.717) is 23.4 Å². The van der Waals surface area contributed by atoms with Crippen LogP contribution < -0.4 is 4.90 Å². The molecule has 2 aromatic carbocycles. The average molecular weight is 392 g/mol. The summed E-state index contributed by atoms with van der Waals surface area (Å²) in [4.78, 5) is 26.5. The summed E-state index contributed by atoms with van der Waals surface area (Å²) in [5, 5.41) is 10.6. The number of ether oxygens (including phenoxy) is 1. The number of aliphatic carboxylic acids is 1. The first-order chi connectivity index (χ1) is 13.9. The third-order valence-corrected chi connectivity index (χ3v) is 5.92. The van der Waals surface area contributed by atoms with Gasteiger partial charge in [0.25, 0.3) is 5.91 Å². The maximum atomic E-state index is 13.3. The zero-order chi connectivity index (χ0) is 20.7. The van der Waals surface area contributed by atoms with Crippen molar-refractivity contribution in [1.29, 1.82) is 0 Å². The lowest BCUT2D eigenvalue weighted by atomic mass is 10.0. The SMILES string of the molecule is COCCn1c(C)c(C)c2cc(C(=O)N3CC(C(=O)O)c4ccccc43)ccc21. The third kappa shape index (κ3) is 3.09. The van der Waals surface area contributed by atoms with Crippen LogP contribution >= 0.6 is 0 Å². The molecule has 4 rings (SSSR count). The molecular formula is C23H24N2O4. The van der Waals surface area contributed by atoms with Crippen molar-refractivity contribution < 1.29 is 19.4 Å². The van der Waals surface area contributed by atoms with Crippen LogP contribution in [0.4, 0.5) is 5.69 Å². The van der Waals surface area contributed by atoms with Crippen LogP contribution in [0.1, 0.15) is 33.1 Å². The van der Waals surface area contributed by atoms with Crippen molar-refractivity contribution in [3.8, 4) is 0 Å². The number of benzene rings is 2. The highest BCUT2D eigenvalue weighted by Crippen LogP contribution is 2.37.